The topological polar surface area (TPSA) is 38.3 Å². The van der Waals surface area contributed by atoms with Gasteiger partial charge in [0, 0.05) is 17.7 Å². The van der Waals surface area contributed by atoms with Crippen molar-refractivity contribution >= 4 is 11.5 Å². The van der Waals surface area contributed by atoms with Crippen LogP contribution in [0.1, 0.15) is 29.8 Å². The van der Waals surface area contributed by atoms with Crippen LogP contribution in [-0.2, 0) is 6.42 Å². The maximum absolute atomic E-state index is 12.5. The van der Waals surface area contributed by atoms with Crippen LogP contribution in [0.5, 0.6) is 5.75 Å². The molecule has 2 aromatic carbocycles. The molecule has 0 saturated heterocycles. The minimum atomic E-state index is -0.167. The van der Waals surface area contributed by atoms with Crippen LogP contribution in [0, 0.1) is 0 Å². The molecule has 0 bridgehead atoms. The first-order valence-electron chi connectivity index (χ1n) is 7.29. The van der Waals surface area contributed by atoms with Crippen LogP contribution >= 0.6 is 0 Å². The molecule has 1 unspecified atom stereocenters. The van der Waals surface area contributed by atoms with Gasteiger partial charge in [-0.15, -0.1) is 0 Å². The fourth-order valence-corrected chi connectivity index (χ4v) is 2.63. The highest BCUT2D eigenvalue weighted by Crippen LogP contribution is 2.27. The van der Waals surface area contributed by atoms with E-state index in [0.29, 0.717) is 0 Å². The van der Waals surface area contributed by atoms with Gasteiger partial charge in [0.25, 0.3) is 0 Å². The fraction of sp³-hybridized carbons (Fsp3) is 0.278. The van der Waals surface area contributed by atoms with Crippen LogP contribution in [0.25, 0.3) is 0 Å². The SMILES string of the molecule is CC(C)Oc1ccc(C(=O)C2Cc3ccccc3N2)cc1. The van der Waals surface area contributed by atoms with Crippen molar-refractivity contribution in [2.24, 2.45) is 0 Å². The Labute approximate surface area is 124 Å². The predicted octanol–water partition coefficient (Wildman–Crippen LogP) is 3.69. The van der Waals surface area contributed by atoms with E-state index in [4.69, 9.17) is 4.74 Å². The number of Topliss-reactive ketones (excluding diaryl/α,β-unsaturated/α-hetero) is 1. The van der Waals surface area contributed by atoms with Gasteiger partial charge < -0.3 is 10.1 Å². The van der Waals surface area contributed by atoms with E-state index in [2.05, 4.69) is 11.4 Å². The van der Waals surface area contributed by atoms with Crippen LogP contribution in [0.2, 0.25) is 0 Å². The Morgan fingerprint density at radius 1 is 1.14 bits per heavy atom. The zero-order valence-corrected chi connectivity index (χ0v) is 12.3. The minimum absolute atomic E-state index is 0.127. The average molecular weight is 281 g/mol. The van der Waals surface area contributed by atoms with Crippen molar-refractivity contribution in [3.05, 3.63) is 59.7 Å². The number of ketones is 1. The molecular weight excluding hydrogens is 262 g/mol. The number of nitrogens with one attached hydrogen (secondary N) is 1. The Hall–Kier alpha value is -2.29. The largest absolute Gasteiger partial charge is 0.491 e. The first-order chi connectivity index (χ1) is 10.1. The van der Waals surface area contributed by atoms with Crippen molar-refractivity contribution in [3.63, 3.8) is 0 Å². The van der Waals surface area contributed by atoms with E-state index in [0.717, 1.165) is 23.4 Å². The third-order valence-electron chi connectivity index (χ3n) is 3.60. The average Bonchev–Trinajstić information content (AvgIpc) is 2.90. The van der Waals surface area contributed by atoms with Gasteiger partial charge in [0.1, 0.15) is 5.75 Å². The highest BCUT2D eigenvalue weighted by Gasteiger charge is 2.26. The zero-order valence-electron chi connectivity index (χ0n) is 12.3. The smallest absolute Gasteiger partial charge is 0.185 e. The van der Waals surface area contributed by atoms with Gasteiger partial charge in [0.15, 0.2) is 5.78 Å². The Morgan fingerprint density at radius 3 is 2.52 bits per heavy atom. The van der Waals surface area contributed by atoms with Crippen LogP contribution in [0.15, 0.2) is 48.5 Å². The van der Waals surface area contributed by atoms with Crippen molar-refractivity contribution < 1.29 is 9.53 Å². The van der Waals surface area contributed by atoms with Gasteiger partial charge in [-0.05, 0) is 49.7 Å². The predicted molar refractivity (Wildman–Crippen MR) is 84.1 cm³/mol. The summed E-state index contributed by atoms with van der Waals surface area (Å²) in [6.07, 6.45) is 0.886. The number of fused-ring (bicyclic) bond motifs is 1. The highest BCUT2D eigenvalue weighted by molar-refractivity contribution is 6.02. The summed E-state index contributed by atoms with van der Waals surface area (Å²) >= 11 is 0. The first-order valence-corrected chi connectivity index (χ1v) is 7.29. The molecule has 1 atom stereocenters. The lowest BCUT2D eigenvalue weighted by Gasteiger charge is -2.12. The van der Waals surface area contributed by atoms with Gasteiger partial charge in [0.05, 0.1) is 12.1 Å². The fourth-order valence-electron chi connectivity index (χ4n) is 2.63. The number of carbonyl (C=O) groups excluding carboxylic acids is 1. The Balaban J connectivity index is 1.72. The summed E-state index contributed by atoms with van der Waals surface area (Å²) < 4.78 is 5.60. The maximum Gasteiger partial charge on any atom is 0.185 e. The number of rotatable bonds is 4. The van der Waals surface area contributed by atoms with E-state index < -0.39 is 0 Å². The molecule has 2 aromatic rings. The standard InChI is InChI=1S/C18H19NO2/c1-12(2)21-15-9-7-13(8-10-15)18(20)17-11-14-5-3-4-6-16(14)19-17/h3-10,12,17,19H,11H2,1-2H3. The van der Waals surface area contributed by atoms with Crippen LogP contribution in [-0.4, -0.2) is 17.9 Å². The molecule has 3 nitrogen and oxygen atoms in total. The van der Waals surface area contributed by atoms with Crippen molar-refractivity contribution in [2.45, 2.75) is 32.4 Å². The Morgan fingerprint density at radius 2 is 1.86 bits per heavy atom. The van der Waals surface area contributed by atoms with E-state index in [1.807, 2.05) is 56.3 Å². The van der Waals surface area contributed by atoms with Crippen molar-refractivity contribution in [1.82, 2.24) is 0 Å². The molecular formula is C18H19NO2. The molecule has 3 rings (SSSR count). The molecule has 21 heavy (non-hydrogen) atoms. The van der Waals surface area contributed by atoms with E-state index >= 15 is 0 Å². The summed E-state index contributed by atoms with van der Waals surface area (Å²) in [4.78, 5) is 12.5. The van der Waals surface area contributed by atoms with Crippen molar-refractivity contribution in [1.29, 1.82) is 0 Å². The molecule has 1 heterocycles. The van der Waals surface area contributed by atoms with Crippen LogP contribution < -0.4 is 10.1 Å². The summed E-state index contributed by atoms with van der Waals surface area (Å²) in [6, 6.07) is 15.3. The molecule has 1 N–H and O–H groups in total. The Bertz CT molecular complexity index is 622. The monoisotopic (exact) mass is 281 g/mol. The van der Waals surface area contributed by atoms with Crippen molar-refractivity contribution in [2.75, 3.05) is 5.32 Å². The molecule has 3 heteroatoms. The number of anilines is 1. The second-order valence-electron chi connectivity index (χ2n) is 5.61. The number of para-hydroxylation sites is 1. The number of hydrogen-bond donors (Lipinski definition) is 1. The van der Waals surface area contributed by atoms with E-state index in [9.17, 15) is 4.79 Å². The number of carbonyl (C=O) groups is 1. The lowest BCUT2D eigenvalue weighted by Crippen LogP contribution is -2.27. The minimum Gasteiger partial charge on any atom is -0.491 e. The molecule has 0 fully saturated rings. The Kier molecular flexibility index (Phi) is 3.65. The molecule has 0 radical (unpaired) electrons. The molecule has 1 aliphatic rings. The summed E-state index contributed by atoms with van der Waals surface area (Å²) in [6.45, 7) is 3.97. The molecule has 108 valence electrons. The normalized spacial score (nSPS) is 16.4. The molecule has 0 aliphatic carbocycles. The number of benzene rings is 2. The van der Waals surface area contributed by atoms with E-state index in [1.54, 1.807) is 0 Å². The first kappa shape index (κ1) is 13.7. The van der Waals surface area contributed by atoms with Crippen LogP contribution in [0.3, 0.4) is 0 Å². The molecule has 1 aliphatic heterocycles. The van der Waals surface area contributed by atoms with E-state index in [1.165, 1.54) is 5.56 Å². The van der Waals surface area contributed by atoms with Gasteiger partial charge in [-0.1, -0.05) is 18.2 Å². The maximum atomic E-state index is 12.5. The lowest BCUT2D eigenvalue weighted by atomic mass is 10.0. The summed E-state index contributed by atoms with van der Waals surface area (Å²) in [5.74, 6) is 0.923. The highest BCUT2D eigenvalue weighted by atomic mass is 16.5. The van der Waals surface area contributed by atoms with E-state index in [-0.39, 0.29) is 17.9 Å². The quantitative estimate of drug-likeness (QED) is 0.869. The lowest BCUT2D eigenvalue weighted by molar-refractivity contribution is 0.0971. The van der Waals surface area contributed by atoms with Gasteiger partial charge in [-0.2, -0.15) is 0 Å². The van der Waals surface area contributed by atoms with Crippen LogP contribution in [0.4, 0.5) is 5.69 Å². The van der Waals surface area contributed by atoms with Gasteiger partial charge in [-0.3, -0.25) is 4.79 Å². The number of ether oxygens (including phenoxy) is 1. The molecule has 0 aromatic heterocycles. The third-order valence-corrected chi connectivity index (χ3v) is 3.60. The molecule has 0 amide bonds. The summed E-state index contributed by atoms with van der Waals surface area (Å²) in [5.41, 5.74) is 2.99. The zero-order chi connectivity index (χ0) is 14.8. The van der Waals surface area contributed by atoms with Gasteiger partial charge in [0.2, 0.25) is 0 Å². The third kappa shape index (κ3) is 2.92. The second-order valence-corrected chi connectivity index (χ2v) is 5.61. The summed E-state index contributed by atoms with van der Waals surface area (Å²) in [5, 5.41) is 3.30. The van der Waals surface area contributed by atoms with Crippen molar-refractivity contribution in [3.8, 4) is 5.75 Å². The van der Waals surface area contributed by atoms with Gasteiger partial charge >= 0.3 is 0 Å². The number of hydrogen-bond acceptors (Lipinski definition) is 3. The molecule has 0 spiro atoms. The molecule has 0 saturated carbocycles. The summed E-state index contributed by atoms with van der Waals surface area (Å²) in [7, 11) is 0. The van der Waals surface area contributed by atoms with Gasteiger partial charge in [-0.25, -0.2) is 0 Å². The second kappa shape index (κ2) is 5.60.